The predicted octanol–water partition coefficient (Wildman–Crippen LogP) is -0.766. The molecule has 0 unspecified atom stereocenters. The Hall–Kier alpha value is -1.29. The Bertz CT molecular complexity index is 468. The zero-order chi connectivity index (χ0) is 15.4. The van der Waals surface area contributed by atoms with Crippen molar-refractivity contribution in [1.82, 2.24) is 0 Å². The minimum absolute atomic E-state index is 0.397. The van der Waals surface area contributed by atoms with E-state index >= 15 is 0 Å². The molecular weight excluding hydrogens is 298 g/mol. The molecule has 1 fully saturated rings. The van der Waals surface area contributed by atoms with E-state index in [-0.39, 0.29) is 0 Å². The highest BCUT2D eigenvalue weighted by atomic mass is 32.1. The van der Waals surface area contributed by atoms with Crippen LogP contribution in [0.1, 0.15) is 0 Å². The molecule has 8 heteroatoms. The monoisotopic (exact) mass is 315 g/mol. The molecule has 0 bridgehead atoms. The second-order valence-corrected chi connectivity index (χ2v) is 4.84. The van der Waals surface area contributed by atoms with Crippen molar-refractivity contribution in [3.05, 3.63) is 24.3 Å². The summed E-state index contributed by atoms with van der Waals surface area (Å²) in [5.74, 6) is 0.397. The molecule has 5 atom stereocenters. The number of hydrogen-bond acceptors (Lipinski definition) is 7. The van der Waals surface area contributed by atoms with E-state index in [1.165, 1.54) is 5.49 Å². The van der Waals surface area contributed by atoms with Gasteiger partial charge < -0.3 is 35.2 Å². The summed E-state index contributed by atoms with van der Waals surface area (Å²) in [6.07, 6.45) is -6.48. The number of hydrogen-bond donors (Lipinski definition) is 5. The van der Waals surface area contributed by atoms with E-state index in [1.54, 1.807) is 24.3 Å². The Morgan fingerprint density at radius 1 is 1.14 bits per heavy atom. The summed E-state index contributed by atoms with van der Waals surface area (Å²) in [7, 11) is 0. The Kier molecular flexibility index (Phi) is 5.45. The van der Waals surface area contributed by atoms with Gasteiger partial charge in [0.15, 0.2) is 0 Å². The number of thiocarbonyl (C=S) groups is 1. The molecule has 0 spiro atoms. The number of aliphatic hydroxyl groups is 4. The molecule has 1 heterocycles. The van der Waals surface area contributed by atoms with E-state index in [9.17, 15) is 15.3 Å². The van der Waals surface area contributed by atoms with E-state index in [4.69, 9.17) is 14.6 Å². The minimum Gasteiger partial charge on any atom is -0.462 e. The summed E-state index contributed by atoms with van der Waals surface area (Å²) in [6.45, 7) is -0.498. The summed E-state index contributed by atoms with van der Waals surface area (Å²) in [4.78, 5) is 0. The number of aliphatic hydroxyl groups excluding tert-OH is 4. The van der Waals surface area contributed by atoms with Gasteiger partial charge >= 0.3 is 0 Å². The van der Waals surface area contributed by atoms with Gasteiger partial charge in [-0.15, -0.1) is 0 Å². The number of nitrogens with one attached hydrogen (secondary N) is 1. The molecule has 2 rings (SSSR count). The molecule has 0 aliphatic carbocycles. The van der Waals surface area contributed by atoms with Crippen LogP contribution in [0.5, 0.6) is 5.75 Å². The van der Waals surface area contributed by atoms with Gasteiger partial charge in [0.25, 0.3) is 0 Å². The maximum atomic E-state index is 9.85. The Morgan fingerprint density at radius 3 is 2.38 bits per heavy atom. The van der Waals surface area contributed by atoms with Crippen LogP contribution in [-0.4, -0.2) is 63.2 Å². The van der Waals surface area contributed by atoms with Gasteiger partial charge in [0.05, 0.1) is 12.1 Å². The first-order valence-corrected chi connectivity index (χ1v) is 6.81. The molecule has 0 aromatic heterocycles. The first kappa shape index (κ1) is 16.1. The van der Waals surface area contributed by atoms with Crippen LogP contribution in [0.4, 0.5) is 5.69 Å². The molecule has 21 heavy (non-hydrogen) atoms. The van der Waals surface area contributed by atoms with Crippen molar-refractivity contribution >= 4 is 23.4 Å². The number of rotatable bonds is 5. The van der Waals surface area contributed by atoms with Gasteiger partial charge in [-0.25, -0.2) is 0 Å². The SMILES string of the molecule is OC[C@H]1O[C@@H](Oc2ccc(NC=S)cc2)[C@H](O)[C@@H](O)[C@@H]1O. The summed E-state index contributed by atoms with van der Waals surface area (Å²) >= 11 is 4.67. The highest BCUT2D eigenvalue weighted by molar-refractivity contribution is 7.79. The topological polar surface area (TPSA) is 111 Å². The summed E-state index contributed by atoms with van der Waals surface area (Å²) in [5, 5.41) is 41.1. The van der Waals surface area contributed by atoms with Crippen molar-refractivity contribution in [2.24, 2.45) is 0 Å². The van der Waals surface area contributed by atoms with Crippen LogP contribution >= 0.6 is 12.2 Å². The van der Waals surface area contributed by atoms with Gasteiger partial charge in [-0.3, -0.25) is 0 Å². The minimum atomic E-state index is -1.46. The Balaban J connectivity index is 2.05. The second kappa shape index (κ2) is 7.12. The average molecular weight is 315 g/mol. The molecule has 1 saturated heterocycles. The molecule has 7 nitrogen and oxygen atoms in total. The van der Waals surface area contributed by atoms with Crippen LogP contribution in [0, 0.1) is 0 Å². The fourth-order valence-corrected chi connectivity index (χ4v) is 2.13. The lowest BCUT2D eigenvalue weighted by atomic mass is 9.99. The molecule has 1 aromatic rings. The Morgan fingerprint density at radius 2 is 1.81 bits per heavy atom. The zero-order valence-corrected chi connectivity index (χ0v) is 11.8. The van der Waals surface area contributed by atoms with Crippen LogP contribution in [0.2, 0.25) is 0 Å². The van der Waals surface area contributed by atoms with Crippen LogP contribution < -0.4 is 10.1 Å². The molecule has 1 aliphatic rings. The quantitative estimate of drug-likeness (QED) is 0.451. The smallest absolute Gasteiger partial charge is 0.229 e. The van der Waals surface area contributed by atoms with Gasteiger partial charge in [-0.2, -0.15) is 0 Å². The molecule has 116 valence electrons. The third-order valence-corrected chi connectivity index (χ3v) is 3.30. The molecule has 0 saturated carbocycles. The highest BCUT2D eigenvalue weighted by Crippen LogP contribution is 2.25. The van der Waals surface area contributed by atoms with E-state index < -0.39 is 37.3 Å². The van der Waals surface area contributed by atoms with Crippen molar-refractivity contribution in [3.63, 3.8) is 0 Å². The normalized spacial score (nSPS) is 32.5. The van der Waals surface area contributed by atoms with Crippen molar-refractivity contribution in [2.45, 2.75) is 30.7 Å². The number of ether oxygens (including phenoxy) is 2. The van der Waals surface area contributed by atoms with E-state index in [2.05, 4.69) is 17.5 Å². The van der Waals surface area contributed by atoms with Gasteiger partial charge in [-0.05, 0) is 24.3 Å². The maximum absolute atomic E-state index is 9.85. The third kappa shape index (κ3) is 3.67. The highest BCUT2D eigenvalue weighted by Gasteiger charge is 2.44. The van der Waals surface area contributed by atoms with Crippen molar-refractivity contribution in [2.75, 3.05) is 11.9 Å². The standard InChI is InChI=1S/C13H17NO6S/c15-5-9-10(16)11(17)12(18)13(20-9)19-8-3-1-7(2-4-8)14-6-21/h1-4,6,9-13,15-18H,5H2,(H,14,21)/t9-,10-,11+,12-,13-/m1/s1. The summed E-state index contributed by atoms with van der Waals surface area (Å²) < 4.78 is 10.7. The lowest BCUT2D eigenvalue weighted by Crippen LogP contribution is -2.60. The molecule has 5 N–H and O–H groups in total. The van der Waals surface area contributed by atoms with Gasteiger partial charge in [0, 0.05) is 5.69 Å². The third-order valence-electron chi connectivity index (χ3n) is 3.18. The van der Waals surface area contributed by atoms with Crippen molar-refractivity contribution < 1.29 is 29.9 Å². The van der Waals surface area contributed by atoms with Gasteiger partial charge in [-0.1, -0.05) is 12.2 Å². The van der Waals surface area contributed by atoms with E-state index in [1.807, 2.05) is 0 Å². The first-order valence-electron chi connectivity index (χ1n) is 6.34. The maximum Gasteiger partial charge on any atom is 0.229 e. The number of anilines is 1. The Labute approximate surface area is 126 Å². The molecule has 1 aliphatic heterocycles. The van der Waals surface area contributed by atoms with Crippen molar-refractivity contribution in [1.29, 1.82) is 0 Å². The fourth-order valence-electron chi connectivity index (χ4n) is 2.00. The largest absolute Gasteiger partial charge is 0.462 e. The molecular formula is C13H17NO6S. The summed E-state index contributed by atoms with van der Waals surface area (Å²) in [5.41, 5.74) is 2.14. The molecule has 1 aromatic carbocycles. The second-order valence-electron chi connectivity index (χ2n) is 4.60. The van der Waals surface area contributed by atoms with Gasteiger partial charge in [0.1, 0.15) is 30.2 Å². The zero-order valence-electron chi connectivity index (χ0n) is 11.0. The molecule has 0 amide bonds. The van der Waals surface area contributed by atoms with Crippen LogP contribution in [0.15, 0.2) is 24.3 Å². The van der Waals surface area contributed by atoms with Gasteiger partial charge in [0.2, 0.25) is 6.29 Å². The first-order chi connectivity index (χ1) is 10.1. The lowest BCUT2D eigenvalue weighted by molar-refractivity contribution is -0.277. The fraction of sp³-hybridized carbons (Fsp3) is 0.462. The summed E-state index contributed by atoms with van der Waals surface area (Å²) in [6, 6.07) is 6.68. The number of benzene rings is 1. The van der Waals surface area contributed by atoms with Crippen LogP contribution in [-0.2, 0) is 4.74 Å². The van der Waals surface area contributed by atoms with E-state index in [0.717, 1.165) is 5.69 Å². The van der Waals surface area contributed by atoms with Crippen LogP contribution in [0.25, 0.3) is 0 Å². The van der Waals surface area contributed by atoms with E-state index in [0.29, 0.717) is 5.75 Å². The average Bonchev–Trinajstić information content (AvgIpc) is 2.50. The predicted molar refractivity (Wildman–Crippen MR) is 78.1 cm³/mol. The van der Waals surface area contributed by atoms with Crippen molar-refractivity contribution in [3.8, 4) is 5.75 Å². The van der Waals surface area contributed by atoms with Crippen LogP contribution in [0.3, 0.4) is 0 Å². The molecule has 0 radical (unpaired) electrons. The lowest BCUT2D eigenvalue weighted by Gasteiger charge is -2.39.